The average molecular weight is 151 g/mol. The largest absolute Gasteiger partial charge is 0.272 e. The molecule has 0 unspecified atom stereocenters. The van der Waals surface area contributed by atoms with Crippen LogP contribution in [0.2, 0.25) is 0 Å². The van der Waals surface area contributed by atoms with Crippen LogP contribution in [0, 0.1) is 10.1 Å². The molecule has 0 spiro atoms. The minimum Gasteiger partial charge on any atom is -0.258 e. The van der Waals surface area contributed by atoms with E-state index < -0.39 is 0 Å². The van der Waals surface area contributed by atoms with Gasteiger partial charge >= 0.3 is 0 Å². The molecule has 0 aliphatic heterocycles. The lowest BCUT2D eigenvalue weighted by atomic mass is 10.0. The van der Waals surface area contributed by atoms with Crippen LogP contribution in [0.3, 0.4) is 0 Å². The lowest BCUT2D eigenvalue weighted by molar-refractivity contribution is -0.421. The topological polar surface area (TPSA) is 43.1 Å². The second kappa shape index (κ2) is 3.14. The number of nitrogens with zero attached hydrogens (tertiary/aromatic N) is 1. The van der Waals surface area contributed by atoms with E-state index in [-0.39, 0.29) is 10.6 Å². The fourth-order valence-corrected chi connectivity index (χ4v) is 1.01. The van der Waals surface area contributed by atoms with Crippen molar-refractivity contribution in [1.29, 1.82) is 0 Å². The van der Waals surface area contributed by atoms with Gasteiger partial charge in [-0.05, 0) is 13.3 Å². The van der Waals surface area contributed by atoms with Gasteiger partial charge in [0.05, 0.1) is 4.92 Å². The molecule has 0 amide bonds. The van der Waals surface area contributed by atoms with E-state index in [1.54, 1.807) is 12.2 Å². The summed E-state index contributed by atoms with van der Waals surface area (Å²) in [7, 11) is 0. The van der Waals surface area contributed by atoms with Crippen LogP contribution in [0.5, 0.6) is 0 Å². The van der Waals surface area contributed by atoms with E-state index in [1.165, 1.54) is 6.08 Å². The van der Waals surface area contributed by atoms with Gasteiger partial charge in [-0.25, -0.2) is 0 Å². The molecule has 0 aromatic rings. The van der Waals surface area contributed by atoms with Crippen LogP contribution in [-0.2, 0) is 0 Å². The van der Waals surface area contributed by atoms with Crippen molar-refractivity contribution in [3.63, 3.8) is 0 Å². The summed E-state index contributed by atoms with van der Waals surface area (Å²) in [6.07, 6.45) is 7.59. The average Bonchev–Trinajstić information content (AvgIpc) is 2.04. The first kappa shape index (κ1) is 7.72. The number of hydrogen-bond donors (Lipinski definition) is 0. The predicted molar refractivity (Wildman–Crippen MR) is 42.6 cm³/mol. The molecule has 1 rings (SSSR count). The Balaban J connectivity index is 2.97. The van der Waals surface area contributed by atoms with E-state index in [2.05, 4.69) is 0 Å². The van der Waals surface area contributed by atoms with E-state index in [9.17, 15) is 10.1 Å². The van der Waals surface area contributed by atoms with Gasteiger partial charge in [0.2, 0.25) is 0 Å². The zero-order valence-corrected chi connectivity index (χ0v) is 6.28. The Morgan fingerprint density at radius 1 is 1.73 bits per heavy atom. The third-order valence-corrected chi connectivity index (χ3v) is 1.60. The van der Waals surface area contributed by atoms with Gasteiger partial charge in [-0.3, -0.25) is 10.1 Å². The monoisotopic (exact) mass is 151 g/mol. The molecular formula is C8H9NO2. The molecule has 0 bridgehead atoms. The summed E-state index contributed by atoms with van der Waals surface area (Å²) in [5.74, 6) is 0. The first-order chi connectivity index (χ1) is 5.25. The van der Waals surface area contributed by atoms with Crippen molar-refractivity contribution < 1.29 is 4.92 Å². The first-order valence-electron chi connectivity index (χ1n) is 3.42. The summed E-state index contributed by atoms with van der Waals surface area (Å²) in [4.78, 5) is 10.0. The lowest BCUT2D eigenvalue weighted by Crippen LogP contribution is -2.03. The fraction of sp³-hybridized carbons (Fsp3) is 0.250. The normalized spacial score (nSPS) is 20.1. The van der Waals surface area contributed by atoms with Crippen molar-refractivity contribution >= 4 is 0 Å². The summed E-state index contributed by atoms with van der Waals surface area (Å²) in [5, 5.41) is 10.4. The van der Waals surface area contributed by atoms with E-state index >= 15 is 0 Å². The Morgan fingerprint density at radius 2 is 2.45 bits per heavy atom. The SMILES string of the molecule is CC=C1CC=CC=C1[N+](=O)[O-]. The van der Waals surface area contributed by atoms with Crippen molar-refractivity contribution in [3.8, 4) is 0 Å². The summed E-state index contributed by atoms with van der Waals surface area (Å²) in [6, 6.07) is 0. The molecule has 0 fully saturated rings. The molecule has 0 N–H and O–H groups in total. The number of rotatable bonds is 1. The Morgan fingerprint density at radius 3 is 2.91 bits per heavy atom. The number of hydrogen-bond acceptors (Lipinski definition) is 2. The van der Waals surface area contributed by atoms with Gasteiger partial charge in [-0.1, -0.05) is 18.2 Å². The molecule has 1 aliphatic rings. The maximum absolute atomic E-state index is 10.4. The molecular weight excluding hydrogens is 142 g/mol. The van der Waals surface area contributed by atoms with Crippen molar-refractivity contribution in [3.05, 3.63) is 45.7 Å². The second-order valence-corrected chi connectivity index (χ2v) is 2.26. The van der Waals surface area contributed by atoms with Crippen LogP contribution >= 0.6 is 0 Å². The van der Waals surface area contributed by atoms with Gasteiger partial charge < -0.3 is 0 Å². The molecule has 0 aromatic heterocycles. The molecule has 11 heavy (non-hydrogen) atoms. The van der Waals surface area contributed by atoms with Crippen molar-refractivity contribution in [2.24, 2.45) is 0 Å². The van der Waals surface area contributed by atoms with Gasteiger partial charge in [0.25, 0.3) is 5.70 Å². The van der Waals surface area contributed by atoms with Crippen LogP contribution in [-0.4, -0.2) is 4.92 Å². The lowest BCUT2D eigenvalue weighted by Gasteiger charge is -2.03. The molecule has 0 atom stereocenters. The van der Waals surface area contributed by atoms with Gasteiger partial charge in [0.1, 0.15) is 0 Å². The minimum atomic E-state index is -0.348. The highest BCUT2D eigenvalue weighted by Gasteiger charge is 2.15. The van der Waals surface area contributed by atoms with E-state index in [1.807, 2.05) is 13.0 Å². The first-order valence-corrected chi connectivity index (χ1v) is 3.42. The fourth-order valence-electron chi connectivity index (χ4n) is 1.01. The Hall–Kier alpha value is -1.38. The van der Waals surface area contributed by atoms with E-state index in [4.69, 9.17) is 0 Å². The molecule has 0 saturated heterocycles. The Labute approximate surface area is 64.9 Å². The summed E-state index contributed by atoms with van der Waals surface area (Å²) in [6.45, 7) is 1.81. The quantitative estimate of drug-likeness (QED) is 0.425. The van der Waals surface area contributed by atoms with Crippen LogP contribution in [0.4, 0.5) is 0 Å². The molecule has 1 aliphatic carbocycles. The smallest absolute Gasteiger partial charge is 0.258 e. The molecule has 3 nitrogen and oxygen atoms in total. The zero-order chi connectivity index (χ0) is 8.27. The molecule has 0 saturated carbocycles. The zero-order valence-electron chi connectivity index (χ0n) is 6.28. The van der Waals surface area contributed by atoms with Crippen molar-refractivity contribution in [1.82, 2.24) is 0 Å². The van der Waals surface area contributed by atoms with Crippen molar-refractivity contribution in [2.45, 2.75) is 13.3 Å². The predicted octanol–water partition coefficient (Wildman–Crippen LogP) is 2.05. The highest BCUT2D eigenvalue weighted by molar-refractivity contribution is 5.33. The van der Waals surface area contributed by atoms with Gasteiger partial charge in [0, 0.05) is 11.6 Å². The van der Waals surface area contributed by atoms with E-state index in [0.29, 0.717) is 6.42 Å². The summed E-state index contributed by atoms with van der Waals surface area (Å²) in [5.41, 5.74) is 1.01. The third-order valence-electron chi connectivity index (χ3n) is 1.60. The van der Waals surface area contributed by atoms with Crippen LogP contribution in [0.1, 0.15) is 13.3 Å². The summed E-state index contributed by atoms with van der Waals surface area (Å²) < 4.78 is 0. The maximum atomic E-state index is 10.4. The van der Waals surface area contributed by atoms with Gasteiger partial charge in [-0.15, -0.1) is 0 Å². The minimum absolute atomic E-state index is 0.218. The van der Waals surface area contributed by atoms with E-state index in [0.717, 1.165) is 5.57 Å². The molecule has 3 heteroatoms. The van der Waals surface area contributed by atoms with Gasteiger partial charge in [0.15, 0.2) is 0 Å². The molecule has 0 radical (unpaired) electrons. The van der Waals surface area contributed by atoms with Crippen LogP contribution in [0.25, 0.3) is 0 Å². The van der Waals surface area contributed by atoms with Crippen molar-refractivity contribution in [2.75, 3.05) is 0 Å². The maximum Gasteiger partial charge on any atom is 0.272 e. The molecule has 0 aromatic carbocycles. The highest BCUT2D eigenvalue weighted by atomic mass is 16.6. The number of allylic oxidation sites excluding steroid dienone is 5. The standard InChI is InChI=1S/C8H9NO2/c1-2-7-5-3-4-6-8(7)9(10)11/h2-4,6H,5H2,1H3. The van der Waals surface area contributed by atoms with Gasteiger partial charge in [-0.2, -0.15) is 0 Å². The summed E-state index contributed by atoms with van der Waals surface area (Å²) >= 11 is 0. The Kier molecular flexibility index (Phi) is 2.21. The molecule has 0 heterocycles. The Bertz CT molecular complexity index is 261. The highest BCUT2D eigenvalue weighted by Crippen LogP contribution is 2.19. The third kappa shape index (κ3) is 1.55. The second-order valence-electron chi connectivity index (χ2n) is 2.26. The van der Waals surface area contributed by atoms with Crippen LogP contribution in [0.15, 0.2) is 35.6 Å². The molecule has 58 valence electrons. The number of nitro groups is 1. The van der Waals surface area contributed by atoms with Crippen LogP contribution < -0.4 is 0 Å².